The van der Waals surface area contributed by atoms with Crippen molar-refractivity contribution in [2.75, 3.05) is 18.4 Å². The number of ether oxygens (including phenoxy) is 1. The van der Waals surface area contributed by atoms with Crippen molar-refractivity contribution in [2.45, 2.75) is 52.2 Å². The predicted octanol–water partition coefficient (Wildman–Crippen LogP) is 3.80. The Kier molecular flexibility index (Phi) is 6.28. The molecule has 0 aromatic heterocycles. The van der Waals surface area contributed by atoms with Crippen molar-refractivity contribution >= 4 is 11.6 Å². The molecule has 2 aromatic rings. The summed E-state index contributed by atoms with van der Waals surface area (Å²) in [5.41, 5.74) is 1.89. The van der Waals surface area contributed by atoms with Gasteiger partial charge in [-0.1, -0.05) is 39.0 Å². The Hall–Kier alpha value is -3.04. The molecule has 2 atom stereocenters. The van der Waals surface area contributed by atoms with Gasteiger partial charge in [0, 0.05) is 35.7 Å². The van der Waals surface area contributed by atoms with Crippen molar-refractivity contribution in [3.05, 3.63) is 59.2 Å². The molecular weight excluding hydrogens is 390 g/mol. The highest BCUT2D eigenvalue weighted by molar-refractivity contribution is 5.81. The predicted molar refractivity (Wildman–Crippen MR) is 121 cm³/mol. The lowest BCUT2D eigenvalue weighted by Crippen LogP contribution is -2.49. The van der Waals surface area contributed by atoms with E-state index in [0.29, 0.717) is 24.4 Å². The van der Waals surface area contributed by atoms with Gasteiger partial charge in [-0.3, -0.25) is 4.79 Å². The third kappa shape index (κ3) is 4.83. The lowest BCUT2D eigenvalue weighted by molar-refractivity contribution is -0.128. The molecule has 3 N–H and O–H groups in total. The van der Waals surface area contributed by atoms with E-state index in [9.17, 15) is 15.2 Å². The van der Waals surface area contributed by atoms with E-state index in [1.54, 1.807) is 18.2 Å². The van der Waals surface area contributed by atoms with E-state index in [-0.39, 0.29) is 11.8 Å². The van der Waals surface area contributed by atoms with Gasteiger partial charge in [0.15, 0.2) is 0 Å². The molecule has 2 aromatic carbocycles. The maximum Gasteiger partial charge on any atom is 0.225 e. The Balaban J connectivity index is 1.89. The summed E-state index contributed by atoms with van der Waals surface area (Å²) in [6, 6.07) is 15.3. The molecule has 0 radical (unpaired) electrons. The molecular formula is C25H31N3O3. The number of carbonyl (C=O) groups is 1. The fraction of sp³-hybridized carbons (Fsp3) is 0.440. The molecule has 0 aliphatic carbocycles. The van der Waals surface area contributed by atoms with E-state index in [0.717, 1.165) is 16.8 Å². The second kappa shape index (κ2) is 8.60. The summed E-state index contributed by atoms with van der Waals surface area (Å²) < 4.78 is 6.05. The number of hydrogen-bond acceptors (Lipinski definition) is 5. The molecule has 6 heteroatoms. The molecule has 2 unspecified atom stereocenters. The van der Waals surface area contributed by atoms with Crippen LogP contribution in [0.4, 0.5) is 5.69 Å². The molecule has 3 rings (SSSR count). The van der Waals surface area contributed by atoms with Gasteiger partial charge in [0.05, 0.1) is 11.6 Å². The van der Waals surface area contributed by atoms with Crippen molar-refractivity contribution in [3.63, 3.8) is 0 Å². The molecule has 1 aliphatic rings. The van der Waals surface area contributed by atoms with Crippen LogP contribution in [0.2, 0.25) is 0 Å². The van der Waals surface area contributed by atoms with E-state index in [2.05, 4.69) is 16.7 Å². The van der Waals surface area contributed by atoms with Gasteiger partial charge in [0.2, 0.25) is 5.91 Å². The first-order valence-electron chi connectivity index (χ1n) is 10.6. The zero-order valence-corrected chi connectivity index (χ0v) is 18.8. The van der Waals surface area contributed by atoms with Gasteiger partial charge in [-0.25, -0.2) is 0 Å². The summed E-state index contributed by atoms with van der Waals surface area (Å²) in [5, 5.41) is 26.9. The van der Waals surface area contributed by atoms with Crippen molar-refractivity contribution < 1.29 is 14.6 Å². The number of aliphatic hydroxyl groups is 1. The van der Waals surface area contributed by atoms with Gasteiger partial charge < -0.3 is 20.5 Å². The highest BCUT2D eigenvalue weighted by Crippen LogP contribution is 2.46. The van der Waals surface area contributed by atoms with Crippen LogP contribution >= 0.6 is 0 Å². The number of carbonyl (C=O) groups excluding carboxylic acids is 1. The molecule has 0 spiro atoms. The number of para-hydroxylation sites is 1. The minimum absolute atomic E-state index is 0.00199. The smallest absolute Gasteiger partial charge is 0.225 e. The minimum atomic E-state index is -0.808. The largest absolute Gasteiger partial charge is 0.485 e. The summed E-state index contributed by atoms with van der Waals surface area (Å²) in [7, 11) is 0. The number of rotatable bonds is 5. The first-order valence-corrected chi connectivity index (χ1v) is 10.6. The number of anilines is 1. The summed E-state index contributed by atoms with van der Waals surface area (Å²) >= 11 is 0. The van der Waals surface area contributed by atoms with Crippen LogP contribution in [-0.2, 0) is 4.79 Å². The number of benzene rings is 2. The summed E-state index contributed by atoms with van der Waals surface area (Å²) in [4.78, 5) is 12.1. The molecule has 0 saturated heterocycles. The second-order valence-electron chi connectivity index (χ2n) is 9.51. The van der Waals surface area contributed by atoms with Crippen molar-refractivity contribution in [3.8, 4) is 11.8 Å². The van der Waals surface area contributed by atoms with Crippen molar-refractivity contribution in [1.29, 1.82) is 5.26 Å². The molecule has 0 saturated carbocycles. The Morgan fingerprint density at radius 1 is 1.16 bits per heavy atom. The van der Waals surface area contributed by atoms with E-state index >= 15 is 0 Å². The minimum Gasteiger partial charge on any atom is -0.485 e. The zero-order valence-electron chi connectivity index (χ0n) is 18.8. The monoisotopic (exact) mass is 421 g/mol. The van der Waals surface area contributed by atoms with Gasteiger partial charge in [0.25, 0.3) is 0 Å². The molecule has 0 bridgehead atoms. The van der Waals surface area contributed by atoms with E-state index in [1.165, 1.54) is 0 Å². The van der Waals surface area contributed by atoms with Crippen LogP contribution in [0, 0.1) is 16.7 Å². The fourth-order valence-electron chi connectivity index (χ4n) is 3.77. The van der Waals surface area contributed by atoms with E-state index in [4.69, 9.17) is 4.74 Å². The van der Waals surface area contributed by atoms with Gasteiger partial charge in [-0.2, -0.15) is 5.26 Å². The summed E-state index contributed by atoms with van der Waals surface area (Å²) in [6.07, 6.45) is -0.808. The first kappa shape index (κ1) is 22.6. The lowest BCUT2D eigenvalue weighted by Gasteiger charge is -2.43. The van der Waals surface area contributed by atoms with Gasteiger partial charge >= 0.3 is 0 Å². The van der Waals surface area contributed by atoms with Crippen LogP contribution in [0.25, 0.3) is 0 Å². The molecule has 164 valence electrons. The van der Waals surface area contributed by atoms with Crippen LogP contribution in [0.3, 0.4) is 0 Å². The van der Waals surface area contributed by atoms with Gasteiger partial charge in [-0.05, 0) is 43.7 Å². The lowest BCUT2D eigenvalue weighted by atomic mass is 9.76. The van der Waals surface area contributed by atoms with Crippen LogP contribution in [0.15, 0.2) is 42.5 Å². The molecule has 0 fully saturated rings. The van der Waals surface area contributed by atoms with Crippen molar-refractivity contribution in [1.82, 2.24) is 5.32 Å². The van der Waals surface area contributed by atoms with E-state index in [1.807, 2.05) is 58.9 Å². The summed E-state index contributed by atoms with van der Waals surface area (Å²) in [6.45, 7) is 10.4. The third-order valence-corrected chi connectivity index (χ3v) is 5.58. The number of amides is 1. The van der Waals surface area contributed by atoms with Crippen molar-refractivity contribution in [2.24, 2.45) is 5.41 Å². The van der Waals surface area contributed by atoms with Crippen LogP contribution in [0.5, 0.6) is 5.75 Å². The number of hydrogen-bond donors (Lipinski definition) is 3. The fourth-order valence-corrected chi connectivity index (χ4v) is 3.77. The molecule has 6 nitrogen and oxygen atoms in total. The van der Waals surface area contributed by atoms with E-state index < -0.39 is 17.1 Å². The second-order valence-corrected chi connectivity index (χ2v) is 9.51. The average Bonchev–Trinajstić information content (AvgIpc) is 2.71. The molecule has 1 amide bonds. The Bertz CT molecular complexity index is 1000. The third-order valence-electron chi connectivity index (χ3n) is 5.58. The quantitative estimate of drug-likeness (QED) is 0.639. The average molecular weight is 422 g/mol. The standard InChI is InChI=1S/C25H31N3O3/c1-24(2,3)23(30)28-13-12-27-19-9-7-6-8-17(19)21-18-14-16(15-26)10-11-20(18)31-25(4,5)22(21)29/h6-11,14,21-22,27,29H,12-13H2,1-5H3,(H,28,30). The zero-order chi connectivity index (χ0) is 22.8. The molecule has 1 heterocycles. The van der Waals surface area contributed by atoms with Crippen LogP contribution in [-0.4, -0.2) is 35.8 Å². The molecule has 31 heavy (non-hydrogen) atoms. The SMILES string of the molecule is CC(C)(C)C(=O)NCCNc1ccccc1C1c2cc(C#N)ccc2OC(C)(C)C1O. The Morgan fingerprint density at radius 3 is 2.55 bits per heavy atom. The maximum atomic E-state index is 12.1. The van der Waals surface area contributed by atoms with Gasteiger partial charge in [-0.15, -0.1) is 0 Å². The Morgan fingerprint density at radius 2 is 1.87 bits per heavy atom. The topological polar surface area (TPSA) is 94.4 Å². The number of fused-ring (bicyclic) bond motifs is 1. The first-order chi connectivity index (χ1) is 14.5. The van der Waals surface area contributed by atoms with Gasteiger partial charge in [0.1, 0.15) is 17.5 Å². The summed E-state index contributed by atoms with van der Waals surface area (Å²) in [5.74, 6) is 0.314. The number of nitrogens with zero attached hydrogens (tertiary/aromatic N) is 1. The maximum absolute atomic E-state index is 12.1. The van der Waals surface area contributed by atoms with Crippen LogP contribution in [0.1, 0.15) is 57.2 Å². The number of nitriles is 1. The number of aliphatic hydroxyl groups excluding tert-OH is 1. The normalized spacial score (nSPS) is 19.5. The highest BCUT2D eigenvalue weighted by Gasteiger charge is 2.44. The van der Waals surface area contributed by atoms with Crippen LogP contribution < -0.4 is 15.4 Å². The molecule has 1 aliphatic heterocycles. The highest BCUT2D eigenvalue weighted by atomic mass is 16.5. The number of nitrogens with one attached hydrogen (secondary N) is 2. The Labute approximate surface area is 184 Å².